The van der Waals surface area contributed by atoms with Crippen LogP contribution in [0.15, 0.2) is 104 Å². The Morgan fingerprint density at radius 2 is 1.23 bits per heavy atom. The molecule has 1 aliphatic carbocycles. The summed E-state index contributed by atoms with van der Waals surface area (Å²) in [6, 6.07) is 30.4. The van der Waals surface area contributed by atoms with Crippen LogP contribution in [0.4, 0.5) is 9.59 Å². The molecule has 0 aliphatic heterocycles. The first-order chi connectivity index (χ1) is 22.7. The van der Waals surface area contributed by atoms with Crippen LogP contribution in [-0.2, 0) is 25.2 Å². The molecule has 1 fully saturated rings. The van der Waals surface area contributed by atoms with E-state index in [9.17, 15) is 19.5 Å². The molecule has 1 aromatic heterocycles. The van der Waals surface area contributed by atoms with Gasteiger partial charge in [0.25, 0.3) is 0 Å². The third-order valence-corrected chi connectivity index (χ3v) is 8.65. The lowest BCUT2D eigenvalue weighted by atomic mass is 9.76. The highest BCUT2D eigenvalue weighted by Gasteiger charge is 2.62. The van der Waals surface area contributed by atoms with Gasteiger partial charge in [0, 0.05) is 12.7 Å². The van der Waals surface area contributed by atoms with Crippen molar-refractivity contribution in [1.29, 1.82) is 0 Å². The highest BCUT2D eigenvalue weighted by Crippen LogP contribution is 2.57. The van der Waals surface area contributed by atoms with Crippen molar-refractivity contribution in [3.63, 3.8) is 0 Å². The molecule has 1 aliphatic rings. The molecule has 3 aromatic carbocycles. The molecular formula is C39H45N3O6. The Hall–Kier alpha value is -4.92. The van der Waals surface area contributed by atoms with Gasteiger partial charge < -0.3 is 19.1 Å². The van der Waals surface area contributed by atoms with Crippen LogP contribution in [0, 0.1) is 5.92 Å². The Bertz CT molecular complexity index is 1600. The molecule has 0 spiro atoms. The van der Waals surface area contributed by atoms with Crippen LogP contribution in [0.3, 0.4) is 0 Å². The van der Waals surface area contributed by atoms with E-state index in [2.05, 4.69) is 36.4 Å². The van der Waals surface area contributed by atoms with Crippen LogP contribution in [0.2, 0.25) is 0 Å². The smallest absolute Gasteiger partial charge is 0.419 e. The van der Waals surface area contributed by atoms with Gasteiger partial charge in [-0.25, -0.2) is 19.5 Å². The summed E-state index contributed by atoms with van der Waals surface area (Å²) in [7, 11) is 0. The zero-order valence-corrected chi connectivity index (χ0v) is 28.6. The van der Waals surface area contributed by atoms with Crippen molar-refractivity contribution >= 4 is 18.2 Å². The van der Waals surface area contributed by atoms with E-state index in [1.165, 1.54) is 0 Å². The lowest BCUT2D eigenvalue weighted by molar-refractivity contribution is -0.140. The molecule has 4 aromatic rings. The fourth-order valence-corrected chi connectivity index (χ4v) is 6.47. The minimum absolute atomic E-state index is 0.0313. The van der Waals surface area contributed by atoms with E-state index in [1.54, 1.807) is 47.9 Å². The number of ether oxygens (including phenoxy) is 2. The third kappa shape index (κ3) is 7.00. The Balaban J connectivity index is 1.45. The largest absolute Gasteiger partial charge is 0.481 e. The Morgan fingerprint density at radius 3 is 1.62 bits per heavy atom. The van der Waals surface area contributed by atoms with Crippen LogP contribution < -0.4 is 0 Å². The lowest BCUT2D eigenvalue weighted by Crippen LogP contribution is -2.44. The zero-order valence-electron chi connectivity index (χ0n) is 28.6. The number of nitrogens with zero attached hydrogens (tertiary/aromatic N) is 3. The number of rotatable bonds is 10. The number of amides is 2. The second kappa shape index (κ2) is 13.3. The average Bonchev–Trinajstić information content (AvgIpc) is 3.56. The molecule has 2 amide bonds. The van der Waals surface area contributed by atoms with Crippen LogP contribution in [0.1, 0.15) is 83.2 Å². The topological polar surface area (TPSA) is 111 Å². The summed E-state index contributed by atoms with van der Waals surface area (Å²) in [6.45, 7) is 10.4. The molecule has 0 unspecified atom stereocenters. The minimum atomic E-state index is -1.19. The van der Waals surface area contributed by atoms with E-state index < -0.39 is 40.3 Å². The fraction of sp³-hybridized carbons (Fsp3) is 0.385. The van der Waals surface area contributed by atoms with Gasteiger partial charge in [0.1, 0.15) is 22.2 Å². The molecule has 1 heterocycles. The quantitative estimate of drug-likeness (QED) is 0.173. The van der Waals surface area contributed by atoms with E-state index in [-0.39, 0.29) is 12.5 Å². The van der Waals surface area contributed by atoms with E-state index in [4.69, 9.17) is 14.5 Å². The fourth-order valence-electron chi connectivity index (χ4n) is 6.47. The van der Waals surface area contributed by atoms with Gasteiger partial charge in [-0.15, -0.1) is 0 Å². The minimum Gasteiger partial charge on any atom is -0.481 e. The second-order valence-corrected chi connectivity index (χ2v) is 14.4. The molecule has 2 atom stereocenters. The number of carboxylic acids is 1. The van der Waals surface area contributed by atoms with Gasteiger partial charge in [-0.1, -0.05) is 91.0 Å². The summed E-state index contributed by atoms with van der Waals surface area (Å²) in [5, 5.41) is 10.6. The summed E-state index contributed by atoms with van der Waals surface area (Å²) < 4.78 is 13.0. The van der Waals surface area contributed by atoms with Crippen LogP contribution in [0.5, 0.6) is 0 Å². The zero-order chi connectivity index (χ0) is 34.7. The number of carbonyl (C=O) groups is 3. The molecule has 5 rings (SSSR count). The predicted molar refractivity (Wildman–Crippen MR) is 183 cm³/mol. The van der Waals surface area contributed by atoms with Gasteiger partial charge in [-0.3, -0.25) is 4.79 Å². The molecule has 0 bridgehead atoms. The average molecular weight is 652 g/mol. The third-order valence-electron chi connectivity index (χ3n) is 8.65. The maximum atomic E-state index is 13.0. The molecule has 48 heavy (non-hydrogen) atoms. The molecule has 1 saturated carbocycles. The number of aliphatic carboxylic acids is 1. The molecule has 1 N–H and O–H groups in total. The number of aromatic nitrogens is 2. The van der Waals surface area contributed by atoms with Gasteiger partial charge in [0.05, 0.1) is 12.0 Å². The Labute approximate surface area is 282 Å². The summed E-state index contributed by atoms with van der Waals surface area (Å²) in [5.41, 5.74) is -0.126. The number of imidazole rings is 1. The normalized spacial score (nSPS) is 17.8. The highest BCUT2D eigenvalue weighted by molar-refractivity contribution is 5.88. The van der Waals surface area contributed by atoms with Crippen molar-refractivity contribution in [1.82, 2.24) is 14.5 Å². The molecule has 252 valence electrons. The van der Waals surface area contributed by atoms with Crippen molar-refractivity contribution in [2.45, 2.75) is 83.0 Å². The number of hydrogen-bond donors (Lipinski definition) is 1. The van der Waals surface area contributed by atoms with Gasteiger partial charge in [0.2, 0.25) is 0 Å². The summed E-state index contributed by atoms with van der Waals surface area (Å²) in [6.07, 6.45) is 3.24. The van der Waals surface area contributed by atoms with E-state index in [1.807, 2.05) is 65.4 Å². The summed E-state index contributed by atoms with van der Waals surface area (Å²) >= 11 is 0. The van der Waals surface area contributed by atoms with Gasteiger partial charge in [0.15, 0.2) is 0 Å². The van der Waals surface area contributed by atoms with Crippen LogP contribution in [0.25, 0.3) is 0 Å². The monoisotopic (exact) mass is 651 g/mol. The number of benzene rings is 3. The van der Waals surface area contributed by atoms with Gasteiger partial charge in [-0.2, -0.15) is 0 Å². The van der Waals surface area contributed by atoms with Crippen molar-refractivity contribution in [2.24, 2.45) is 5.92 Å². The van der Waals surface area contributed by atoms with Crippen molar-refractivity contribution in [3.05, 3.63) is 126 Å². The summed E-state index contributed by atoms with van der Waals surface area (Å²) in [4.78, 5) is 44.7. The van der Waals surface area contributed by atoms with E-state index in [0.717, 1.165) is 21.6 Å². The van der Waals surface area contributed by atoms with Crippen molar-refractivity contribution < 1.29 is 29.0 Å². The standard InChI is InChI=1S/C39H45N3O6/c1-36(2,3)47-34(45)42(35(46)48-37(4,5)6)24-16-23-31-25-38(31,33(43)44)32-26-41(27-40-32)39(28-17-10-7-11-18-28,29-19-12-8-13-20-29)30-21-14-9-15-22-30/h7-15,17-22,26-27,31H,16,23-25H2,1-6H3,(H,43,44)/t31-,38+/m0/s1. The van der Waals surface area contributed by atoms with Gasteiger partial charge in [-0.05, 0) is 83.4 Å². The molecule has 0 saturated heterocycles. The molecular weight excluding hydrogens is 606 g/mol. The molecule has 9 nitrogen and oxygen atoms in total. The van der Waals surface area contributed by atoms with Crippen LogP contribution >= 0.6 is 0 Å². The van der Waals surface area contributed by atoms with Crippen LogP contribution in [-0.4, -0.2) is 55.5 Å². The lowest BCUT2D eigenvalue weighted by Gasteiger charge is -2.37. The number of carbonyl (C=O) groups excluding carboxylic acids is 2. The number of imide groups is 1. The molecule has 9 heteroatoms. The maximum absolute atomic E-state index is 13.0. The molecule has 0 radical (unpaired) electrons. The Morgan fingerprint density at radius 1 is 0.792 bits per heavy atom. The van der Waals surface area contributed by atoms with Crippen molar-refractivity contribution in [2.75, 3.05) is 6.54 Å². The van der Waals surface area contributed by atoms with Crippen molar-refractivity contribution in [3.8, 4) is 0 Å². The first-order valence-electron chi connectivity index (χ1n) is 16.4. The Kier molecular flexibility index (Phi) is 9.53. The van der Waals surface area contributed by atoms with E-state index in [0.29, 0.717) is 25.0 Å². The van der Waals surface area contributed by atoms with Gasteiger partial charge >= 0.3 is 18.2 Å². The second-order valence-electron chi connectivity index (χ2n) is 14.4. The highest BCUT2D eigenvalue weighted by atomic mass is 16.6. The first kappa shape index (κ1) is 34.4. The first-order valence-corrected chi connectivity index (χ1v) is 16.4. The van der Waals surface area contributed by atoms with E-state index >= 15 is 0 Å². The SMILES string of the molecule is CC(C)(C)OC(=O)N(CCC[C@H]1C[C@]1(C(=O)O)c1cn(C(c2ccccc2)(c2ccccc2)c2ccccc2)cn1)C(=O)OC(C)(C)C. The summed E-state index contributed by atoms with van der Waals surface area (Å²) in [5.74, 6) is -1.18. The number of hydrogen-bond acceptors (Lipinski definition) is 6. The predicted octanol–water partition coefficient (Wildman–Crippen LogP) is 8.02. The maximum Gasteiger partial charge on any atom is 0.419 e. The number of carboxylic acid groups (broad SMARTS) is 1.